The van der Waals surface area contributed by atoms with Crippen LogP contribution < -0.4 is 5.56 Å². The van der Waals surface area contributed by atoms with Crippen LogP contribution in [0.15, 0.2) is 10.9 Å². The Morgan fingerprint density at radius 1 is 1.28 bits per heavy atom. The Bertz CT molecular complexity index is 1100. The molecule has 172 valence electrons. The number of amides is 2. The van der Waals surface area contributed by atoms with Crippen LogP contribution in [0.4, 0.5) is 8.78 Å². The summed E-state index contributed by atoms with van der Waals surface area (Å²) < 4.78 is 27.2. The van der Waals surface area contributed by atoms with Crippen molar-refractivity contribution in [2.24, 2.45) is 0 Å². The molecule has 2 aromatic rings. The van der Waals surface area contributed by atoms with E-state index < -0.39 is 12.5 Å². The standard InChI is InChI=1S/C21H26F2N6O3/c1-12-9-16(19(22)23)26-29(12)11-18(31)28-7-4-3-5-17(28)20-24-15-6-8-27(13(2)30)10-14(15)21(32)25-20/h9,17,19H,3-8,10-11H2,1-2H3,(H,24,25,32)/t17-/m0/s1. The number of carbonyl (C=O) groups excluding carboxylic acids is 2. The van der Waals surface area contributed by atoms with Gasteiger partial charge in [0.1, 0.15) is 18.1 Å². The number of hydrogen-bond donors (Lipinski definition) is 1. The molecular formula is C21H26F2N6O3. The summed E-state index contributed by atoms with van der Waals surface area (Å²) in [6.07, 6.45) is 0.120. The summed E-state index contributed by atoms with van der Waals surface area (Å²) in [6, 6.07) is 0.879. The third-order valence-corrected chi connectivity index (χ3v) is 6.18. The van der Waals surface area contributed by atoms with Crippen molar-refractivity contribution in [3.63, 3.8) is 0 Å². The summed E-state index contributed by atoms with van der Waals surface area (Å²) in [6.45, 7) is 4.16. The fraction of sp³-hybridized carbons (Fsp3) is 0.571. The van der Waals surface area contributed by atoms with Gasteiger partial charge in [-0.2, -0.15) is 5.10 Å². The van der Waals surface area contributed by atoms with Crippen LogP contribution in [-0.4, -0.2) is 54.5 Å². The second-order valence-electron chi connectivity index (χ2n) is 8.33. The first kappa shape index (κ1) is 22.1. The largest absolute Gasteiger partial charge is 0.338 e. The van der Waals surface area contributed by atoms with E-state index in [9.17, 15) is 23.2 Å². The van der Waals surface area contributed by atoms with Crippen LogP contribution in [0.25, 0.3) is 0 Å². The first-order valence-corrected chi connectivity index (χ1v) is 10.7. The molecule has 2 aliphatic heterocycles. The lowest BCUT2D eigenvalue weighted by Gasteiger charge is -2.36. The molecule has 9 nitrogen and oxygen atoms in total. The van der Waals surface area contributed by atoms with Crippen LogP contribution in [0.1, 0.15) is 67.1 Å². The highest BCUT2D eigenvalue weighted by molar-refractivity contribution is 5.76. The van der Waals surface area contributed by atoms with Gasteiger partial charge in [-0.05, 0) is 32.3 Å². The van der Waals surface area contributed by atoms with E-state index in [0.717, 1.165) is 12.8 Å². The van der Waals surface area contributed by atoms with Gasteiger partial charge in [-0.25, -0.2) is 13.8 Å². The number of H-pyrrole nitrogens is 1. The number of aromatic nitrogens is 4. The number of hydrogen-bond acceptors (Lipinski definition) is 5. The van der Waals surface area contributed by atoms with Gasteiger partial charge < -0.3 is 14.8 Å². The van der Waals surface area contributed by atoms with Crippen molar-refractivity contribution in [3.8, 4) is 0 Å². The number of carbonyl (C=O) groups is 2. The van der Waals surface area contributed by atoms with Gasteiger partial charge in [-0.3, -0.25) is 19.1 Å². The number of halogens is 2. The topological polar surface area (TPSA) is 104 Å². The van der Waals surface area contributed by atoms with Crippen LogP contribution >= 0.6 is 0 Å². The number of alkyl halides is 2. The zero-order chi connectivity index (χ0) is 23.0. The third kappa shape index (κ3) is 4.28. The van der Waals surface area contributed by atoms with Gasteiger partial charge in [0.25, 0.3) is 12.0 Å². The normalized spacial score (nSPS) is 18.7. The quantitative estimate of drug-likeness (QED) is 0.769. The number of piperidine rings is 1. The molecule has 0 aromatic carbocycles. The molecule has 4 heterocycles. The Balaban J connectivity index is 1.58. The number of fused-ring (bicyclic) bond motifs is 1. The SMILES string of the molecule is CC(=O)N1CCc2nc([C@@H]3CCCCN3C(=O)Cn3nc(C(F)F)cc3C)[nH]c(=O)c2C1. The van der Waals surface area contributed by atoms with Crippen molar-refractivity contribution in [1.29, 1.82) is 0 Å². The minimum Gasteiger partial charge on any atom is -0.338 e. The van der Waals surface area contributed by atoms with E-state index in [1.807, 2.05) is 0 Å². The molecular weight excluding hydrogens is 422 g/mol. The van der Waals surface area contributed by atoms with Crippen LogP contribution in [0, 0.1) is 6.92 Å². The molecule has 1 saturated heterocycles. The highest BCUT2D eigenvalue weighted by atomic mass is 19.3. The van der Waals surface area contributed by atoms with Gasteiger partial charge in [0.05, 0.1) is 23.8 Å². The molecule has 0 bridgehead atoms. The highest BCUT2D eigenvalue weighted by Crippen LogP contribution is 2.30. The number of nitrogens with zero attached hydrogens (tertiary/aromatic N) is 5. The van der Waals surface area contributed by atoms with Gasteiger partial charge in [0.15, 0.2) is 0 Å². The Hall–Kier alpha value is -3.11. The van der Waals surface area contributed by atoms with Gasteiger partial charge in [-0.1, -0.05) is 0 Å². The summed E-state index contributed by atoms with van der Waals surface area (Å²) in [5.74, 6) is 0.0838. The number of aromatic amines is 1. The predicted octanol–water partition coefficient (Wildman–Crippen LogP) is 1.87. The average Bonchev–Trinajstić information content (AvgIpc) is 3.14. The van der Waals surface area contributed by atoms with Crippen molar-refractivity contribution >= 4 is 11.8 Å². The van der Waals surface area contributed by atoms with Crippen molar-refractivity contribution in [2.75, 3.05) is 13.1 Å². The maximum Gasteiger partial charge on any atom is 0.282 e. The van der Waals surface area contributed by atoms with Crippen molar-refractivity contribution in [3.05, 3.63) is 44.9 Å². The molecule has 32 heavy (non-hydrogen) atoms. The summed E-state index contributed by atoms with van der Waals surface area (Å²) in [7, 11) is 0. The number of aryl methyl sites for hydroxylation is 1. The zero-order valence-electron chi connectivity index (χ0n) is 18.1. The Morgan fingerprint density at radius 2 is 2.06 bits per heavy atom. The minimum absolute atomic E-state index is 0.0907. The highest BCUT2D eigenvalue weighted by Gasteiger charge is 2.32. The third-order valence-electron chi connectivity index (χ3n) is 6.18. The molecule has 1 fully saturated rings. The second kappa shape index (κ2) is 8.79. The maximum absolute atomic E-state index is 13.1. The first-order chi connectivity index (χ1) is 15.2. The number of rotatable bonds is 4. The summed E-state index contributed by atoms with van der Waals surface area (Å²) in [4.78, 5) is 48.3. The molecule has 1 N–H and O–H groups in total. The summed E-state index contributed by atoms with van der Waals surface area (Å²) >= 11 is 0. The van der Waals surface area contributed by atoms with E-state index >= 15 is 0 Å². The van der Waals surface area contributed by atoms with Gasteiger partial charge in [0.2, 0.25) is 11.8 Å². The fourth-order valence-electron chi connectivity index (χ4n) is 4.41. The monoisotopic (exact) mass is 448 g/mol. The Kier molecular flexibility index (Phi) is 6.07. The van der Waals surface area contributed by atoms with Crippen LogP contribution in [0.3, 0.4) is 0 Å². The summed E-state index contributed by atoms with van der Waals surface area (Å²) in [5.41, 5.74) is 0.973. The van der Waals surface area contributed by atoms with Crippen LogP contribution in [-0.2, 0) is 29.1 Å². The molecule has 1 atom stereocenters. The molecule has 11 heteroatoms. The molecule has 0 spiro atoms. The smallest absolute Gasteiger partial charge is 0.282 e. The molecule has 4 rings (SSSR count). The van der Waals surface area contributed by atoms with Gasteiger partial charge >= 0.3 is 0 Å². The molecule has 0 aliphatic carbocycles. The fourth-order valence-corrected chi connectivity index (χ4v) is 4.41. The predicted molar refractivity (Wildman–Crippen MR) is 110 cm³/mol. The average molecular weight is 448 g/mol. The van der Waals surface area contributed by atoms with E-state index in [0.29, 0.717) is 48.7 Å². The van der Waals surface area contributed by atoms with Gasteiger partial charge in [0, 0.05) is 32.1 Å². The Labute approximate surface area is 183 Å². The van der Waals surface area contributed by atoms with Crippen molar-refractivity contribution < 1.29 is 18.4 Å². The first-order valence-electron chi connectivity index (χ1n) is 10.7. The van der Waals surface area contributed by atoms with E-state index in [1.165, 1.54) is 17.7 Å². The lowest BCUT2D eigenvalue weighted by molar-refractivity contribution is -0.136. The molecule has 2 aliphatic rings. The van der Waals surface area contributed by atoms with E-state index in [4.69, 9.17) is 0 Å². The Morgan fingerprint density at radius 3 is 2.75 bits per heavy atom. The van der Waals surface area contributed by atoms with Crippen LogP contribution in [0.2, 0.25) is 0 Å². The zero-order valence-corrected chi connectivity index (χ0v) is 18.1. The molecule has 0 saturated carbocycles. The number of nitrogens with one attached hydrogen (secondary N) is 1. The maximum atomic E-state index is 13.1. The second-order valence-corrected chi connectivity index (χ2v) is 8.33. The molecule has 0 radical (unpaired) electrons. The van der Waals surface area contributed by atoms with E-state index in [1.54, 1.807) is 16.7 Å². The molecule has 0 unspecified atom stereocenters. The summed E-state index contributed by atoms with van der Waals surface area (Å²) in [5, 5.41) is 3.85. The van der Waals surface area contributed by atoms with Gasteiger partial charge in [-0.15, -0.1) is 0 Å². The number of likely N-dealkylation sites (tertiary alicyclic amines) is 1. The lowest BCUT2D eigenvalue weighted by Crippen LogP contribution is -2.43. The van der Waals surface area contributed by atoms with E-state index in [2.05, 4.69) is 15.1 Å². The minimum atomic E-state index is -2.70. The van der Waals surface area contributed by atoms with Crippen molar-refractivity contribution in [2.45, 2.75) is 65.1 Å². The van der Waals surface area contributed by atoms with Crippen LogP contribution in [0.5, 0.6) is 0 Å². The lowest BCUT2D eigenvalue weighted by atomic mass is 10.00. The van der Waals surface area contributed by atoms with E-state index in [-0.39, 0.29) is 36.2 Å². The molecule has 2 aromatic heterocycles. The molecule has 2 amide bonds. The van der Waals surface area contributed by atoms with Crippen molar-refractivity contribution in [1.82, 2.24) is 29.5 Å².